The molecular formula is C14H21NO. The molecule has 0 heterocycles. The van der Waals surface area contributed by atoms with Crippen molar-refractivity contribution in [2.45, 2.75) is 38.1 Å². The van der Waals surface area contributed by atoms with Crippen LogP contribution in [-0.4, -0.2) is 7.11 Å². The molecule has 0 aliphatic heterocycles. The van der Waals surface area contributed by atoms with Gasteiger partial charge in [0.05, 0.1) is 7.11 Å². The molecule has 0 aromatic heterocycles. The van der Waals surface area contributed by atoms with Crippen molar-refractivity contribution in [1.29, 1.82) is 0 Å². The molecule has 0 amide bonds. The van der Waals surface area contributed by atoms with Gasteiger partial charge in [-0.05, 0) is 30.0 Å². The zero-order chi connectivity index (χ0) is 11.4. The van der Waals surface area contributed by atoms with Crippen LogP contribution in [0.3, 0.4) is 0 Å². The van der Waals surface area contributed by atoms with Gasteiger partial charge >= 0.3 is 0 Å². The number of rotatable bonds is 4. The predicted octanol–water partition coefficient (Wildman–Crippen LogP) is 3.28. The number of methoxy groups -OCH3 is 1. The fourth-order valence-electron chi connectivity index (χ4n) is 2.59. The summed E-state index contributed by atoms with van der Waals surface area (Å²) in [6, 6.07) is 8.33. The molecule has 16 heavy (non-hydrogen) atoms. The topological polar surface area (TPSA) is 35.2 Å². The Kier molecular flexibility index (Phi) is 3.83. The number of hydrogen-bond donors (Lipinski definition) is 1. The second-order valence-corrected chi connectivity index (χ2v) is 4.77. The second kappa shape index (κ2) is 5.35. The summed E-state index contributed by atoms with van der Waals surface area (Å²) in [6.07, 6.45) is 6.64. The highest BCUT2D eigenvalue weighted by Gasteiger charge is 2.18. The monoisotopic (exact) mass is 219 g/mol. The number of nitrogens with two attached hydrogens (primary N) is 1. The van der Waals surface area contributed by atoms with Gasteiger partial charge < -0.3 is 10.5 Å². The summed E-state index contributed by atoms with van der Waals surface area (Å²) in [6.45, 7) is 0. The minimum absolute atomic E-state index is 0.189. The lowest BCUT2D eigenvalue weighted by Crippen LogP contribution is -2.14. The fraction of sp³-hybridized carbons (Fsp3) is 0.571. The highest BCUT2D eigenvalue weighted by molar-refractivity contribution is 5.28. The Labute approximate surface area is 97.8 Å². The molecule has 1 saturated carbocycles. The molecule has 0 saturated heterocycles. The Bertz CT molecular complexity index is 314. The van der Waals surface area contributed by atoms with Gasteiger partial charge in [-0.3, -0.25) is 0 Å². The van der Waals surface area contributed by atoms with Crippen LogP contribution < -0.4 is 10.5 Å². The maximum absolute atomic E-state index is 6.23. The van der Waals surface area contributed by atoms with Gasteiger partial charge in [-0.25, -0.2) is 0 Å². The van der Waals surface area contributed by atoms with Gasteiger partial charge in [-0.2, -0.15) is 0 Å². The maximum atomic E-state index is 6.23. The first-order valence-electron chi connectivity index (χ1n) is 6.19. The maximum Gasteiger partial charge on any atom is 0.118 e. The first-order valence-corrected chi connectivity index (χ1v) is 6.19. The van der Waals surface area contributed by atoms with Crippen molar-refractivity contribution in [3.05, 3.63) is 29.8 Å². The summed E-state index contributed by atoms with van der Waals surface area (Å²) in [5, 5.41) is 0. The third kappa shape index (κ3) is 2.76. The van der Waals surface area contributed by atoms with Crippen LogP contribution in [0.4, 0.5) is 0 Å². The first kappa shape index (κ1) is 11.5. The van der Waals surface area contributed by atoms with Gasteiger partial charge in [0.25, 0.3) is 0 Å². The second-order valence-electron chi connectivity index (χ2n) is 4.77. The molecule has 1 aromatic carbocycles. The Morgan fingerprint density at radius 2 is 1.88 bits per heavy atom. The van der Waals surface area contributed by atoms with E-state index in [9.17, 15) is 0 Å². The molecule has 1 aliphatic rings. The highest BCUT2D eigenvalue weighted by atomic mass is 16.5. The number of benzene rings is 1. The summed E-state index contributed by atoms with van der Waals surface area (Å²) in [5.74, 6) is 1.74. The van der Waals surface area contributed by atoms with Crippen molar-refractivity contribution in [1.82, 2.24) is 0 Å². The van der Waals surface area contributed by atoms with Crippen LogP contribution in [0.1, 0.15) is 43.7 Å². The third-order valence-electron chi connectivity index (χ3n) is 3.61. The molecule has 0 bridgehead atoms. The predicted molar refractivity (Wildman–Crippen MR) is 66.5 cm³/mol. The van der Waals surface area contributed by atoms with E-state index in [1.54, 1.807) is 7.11 Å². The molecule has 1 unspecified atom stereocenters. The number of ether oxygens (including phenoxy) is 1. The van der Waals surface area contributed by atoms with Crippen LogP contribution in [0.25, 0.3) is 0 Å². The van der Waals surface area contributed by atoms with Gasteiger partial charge in [0.15, 0.2) is 0 Å². The number of hydrogen-bond acceptors (Lipinski definition) is 2. The highest BCUT2D eigenvalue weighted by Crippen LogP contribution is 2.32. The van der Waals surface area contributed by atoms with Crippen LogP contribution in [0.15, 0.2) is 24.3 Å². The average molecular weight is 219 g/mol. The Hall–Kier alpha value is -1.02. The third-order valence-corrected chi connectivity index (χ3v) is 3.61. The van der Waals surface area contributed by atoms with E-state index in [-0.39, 0.29) is 6.04 Å². The van der Waals surface area contributed by atoms with Crippen LogP contribution >= 0.6 is 0 Å². The van der Waals surface area contributed by atoms with Gasteiger partial charge in [0.2, 0.25) is 0 Å². The normalized spacial score (nSPS) is 18.6. The molecule has 1 aliphatic carbocycles. The minimum Gasteiger partial charge on any atom is -0.497 e. The molecule has 2 heteroatoms. The van der Waals surface area contributed by atoms with Gasteiger partial charge in [0.1, 0.15) is 5.75 Å². The minimum atomic E-state index is 0.189. The molecule has 1 aromatic rings. The largest absolute Gasteiger partial charge is 0.497 e. The van der Waals surface area contributed by atoms with E-state index in [0.717, 1.165) is 18.1 Å². The zero-order valence-corrected chi connectivity index (χ0v) is 9.99. The van der Waals surface area contributed by atoms with E-state index in [2.05, 4.69) is 12.1 Å². The molecule has 2 N–H and O–H groups in total. The molecule has 88 valence electrons. The summed E-state index contributed by atoms with van der Waals surface area (Å²) < 4.78 is 5.14. The standard InChI is InChI=1S/C14H21NO/c1-16-13-8-6-12(7-9-13)14(15)10-11-4-2-3-5-11/h6-9,11,14H,2-5,10,15H2,1H3. The lowest BCUT2D eigenvalue weighted by molar-refractivity contribution is 0.413. The van der Waals surface area contributed by atoms with Gasteiger partial charge in [-0.15, -0.1) is 0 Å². The van der Waals surface area contributed by atoms with Crippen LogP contribution in [0.5, 0.6) is 5.75 Å². The Morgan fingerprint density at radius 3 is 2.44 bits per heavy atom. The zero-order valence-electron chi connectivity index (χ0n) is 9.99. The van der Waals surface area contributed by atoms with E-state index in [1.165, 1.54) is 31.2 Å². The van der Waals surface area contributed by atoms with Crippen LogP contribution in [0, 0.1) is 5.92 Å². The molecule has 2 nitrogen and oxygen atoms in total. The van der Waals surface area contributed by atoms with E-state index >= 15 is 0 Å². The van der Waals surface area contributed by atoms with E-state index in [1.807, 2.05) is 12.1 Å². The van der Waals surface area contributed by atoms with Crippen molar-refractivity contribution >= 4 is 0 Å². The SMILES string of the molecule is COc1ccc(C(N)CC2CCCC2)cc1. The van der Waals surface area contributed by atoms with Gasteiger partial charge in [-0.1, -0.05) is 37.8 Å². The quantitative estimate of drug-likeness (QED) is 0.843. The van der Waals surface area contributed by atoms with E-state index in [0.29, 0.717) is 0 Å². The van der Waals surface area contributed by atoms with Crippen LogP contribution in [0.2, 0.25) is 0 Å². The Morgan fingerprint density at radius 1 is 1.25 bits per heavy atom. The van der Waals surface area contributed by atoms with E-state index in [4.69, 9.17) is 10.5 Å². The summed E-state index contributed by atoms with van der Waals surface area (Å²) in [5.41, 5.74) is 7.45. The van der Waals surface area contributed by atoms with Crippen molar-refractivity contribution in [2.75, 3.05) is 7.11 Å². The van der Waals surface area contributed by atoms with Crippen molar-refractivity contribution < 1.29 is 4.74 Å². The summed E-state index contributed by atoms with van der Waals surface area (Å²) in [7, 11) is 1.69. The van der Waals surface area contributed by atoms with Crippen molar-refractivity contribution in [3.63, 3.8) is 0 Å². The smallest absolute Gasteiger partial charge is 0.118 e. The summed E-state index contributed by atoms with van der Waals surface area (Å²) >= 11 is 0. The fourth-order valence-corrected chi connectivity index (χ4v) is 2.59. The van der Waals surface area contributed by atoms with Gasteiger partial charge in [0, 0.05) is 6.04 Å². The lowest BCUT2D eigenvalue weighted by Gasteiger charge is -2.16. The molecule has 2 rings (SSSR count). The van der Waals surface area contributed by atoms with Crippen molar-refractivity contribution in [3.8, 4) is 5.75 Å². The molecular weight excluding hydrogens is 198 g/mol. The van der Waals surface area contributed by atoms with Crippen molar-refractivity contribution in [2.24, 2.45) is 11.7 Å². The summed E-state index contributed by atoms with van der Waals surface area (Å²) in [4.78, 5) is 0. The Balaban J connectivity index is 1.94. The molecule has 0 spiro atoms. The van der Waals surface area contributed by atoms with Crippen LogP contribution in [-0.2, 0) is 0 Å². The average Bonchev–Trinajstić information content (AvgIpc) is 2.82. The first-order chi connectivity index (χ1) is 7.79. The molecule has 1 atom stereocenters. The molecule has 1 fully saturated rings. The molecule has 0 radical (unpaired) electrons. The van der Waals surface area contributed by atoms with E-state index < -0.39 is 0 Å². The lowest BCUT2D eigenvalue weighted by atomic mass is 9.94.